The van der Waals surface area contributed by atoms with Gasteiger partial charge in [-0.2, -0.15) is 0 Å². The van der Waals surface area contributed by atoms with Gasteiger partial charge in [0, 0.05) is 24.7 Å². The lowest BCUT2D eigenvalue weighted by molar-refractivity contribution is -0.117. The van der Waals surface area contributed by atoms with Crippen LogP contribution in [0.25, 0.3) is 0 Å². The van der Waals surface area contributed by atoms with E-state index in [-0.39, 0.29) is 28.4 Å². The average Bonchev–Trinajstić information content (AvgIpc) is 2.37. The summed E-state index contributed by atoms with van der Waals surface area (Å²) in [6.07, 6.45) is 0.270. The van der Waals surface area contributed by atoms with Gasteiger partial charge in [-0.25, -0.2) is 4.39 Å². The van der Waals surface area contributed by atoms with Gasteiger partial charge in [-0.3, -0.25) is 4.79 Å². The van der Waals surface area contributed by atoms with Crippen LogP contribution in [0.5, 0.6) is 0 Å². The molecule has 1 aliphatic rings. The van der Waals surface area contributed by atoms with Crippen LogP contribution in [-0.2, 0) is 9.53 Å². The molecule has 4 nitrogen and oxygen atoms in total. The maximum absolute atomic E-state index is 13.2. The number of amides is 1. The first kappa shape index (κ1) is 14.5. The summed E-state index contributed by atoms with van der Waals surface area (Å²) >= 11 is 11.3. The monoisotopic (exact) mass is 306 g/mol. The first-order valence-electron chi connectivity index (χ1n) is 5.82. The molecule has 1 amide bonds. The van der Waals surface area contributed by atoms with Crippen LogP contribution in [-0.4, -0.2) is 31.7 Å². The molecule has 0 saturated carbocycles. The molecule has 0 aliphatic carbocycles. The fraction of sp³-hybridized carbons (Fsp3) is 0.417. The maximum Gasteiger partial charge on any atom is 0.226 e. The zero-order valence-electron chi connectivity index (χ0n) is 10.0. The molecule has 0 radical (unpaired) electrons. The number of ether oxygens (including phenoxy) is 1. The van der Waals surface area contributed by atoms with Gasteiger partial charge >= 0.3 is 0 Å². The van der Waals surface area contributed by atoms with Crippen molar-refractivity contribution in [2.24, 2.45) is 0 Å². The predicted octanol–water partition coefficient (Wildman–Crippen LogP) is 2.45. The Balaban J connectivity index is 1.94. The fourth-order valence-electron chi connectivity index (χ4n) is 1.81. The molecule has 2 N–H and O–H groups in total. The highest BCUT2D eigenvalue weighted by Crippen LogP contribution is 2.27. The summed E-state index contributed by atoms with van der Waals surface area (Å²) in [6.45, 7) is 1.88. The summed E-state index contributed by atoms with van der Waals surface area (Å²) in [5.74, 6) is -0.898. The normalized spacial score (nSPS) is 19.2. The van der Waals surface area contributed by atoms with E-state index in [0.717, 1.165) is 6.54 Å². The first-order chi connectivity index (χ1) is 9.06. The SMILES string of the molecule is O=C(CC1COCCN1)Nc1cc(Cl)c(F)c(Cl)c1. The molecule has 1 aliphatic heterocycles. The number of halogens is 3. The molecule has 1 aromatic carbocycles. The quantitative estimate of drug-likeness (QED) is 0.843. The largest absolute Gasteiger partial charge is 0.378 e. The van der Waals surface area contributed by atoms with Gasteiger partial charge in [0.15, 0.2) is 5.82 Å². The van der Waals surface area contributed by atoms with Crippen molar-refractivity contribution in [3.8, 4) is 0 Å². The van der Waals surface area contributed by atoms with E-state index >= 15 is 0 Å². The zero-order valence-corrected chi connectivity index (χ0v) is 11.5. The third-order valence-corrected chi connectivity index (χ3v) is 3.25. The van der Waals surface area contributed by atoms with E-state index in [1.54, 1.807) is 0 Å². The lowest BCUT2D eigenvalue weighted by Gasteiger charge is -2.23. The molecule has 1 fully saturated rings. The van der Waals surface area contributed by atoms with Gasteiger partial charge < -0.3 is 15.4 Å². The molecule has 1 aromatic rings. The maximum atomic E-state index is 13.2. The number of hydrogen-bond acceptors (Lipinski definition) is 3. The van der Waals surface area contributed by atoms with Crippen LogP contribution in [0, 0.1) is 5.82 Å². The minimum Gasteiger partial charge on any atom is -0.378 e. The van der Waals surface area contributed by atoms with Crippen LogP contribution in [0.3, 0.4) is 0 Å². The standard InChI is InChI=1S/C12H13Cl2FN2O2/c13-9-3-7(4-10(14)12(9)15)17-11(18)5-8-6-19-2-1-16-8/h3-4,8,16H,1-2,5-6H2,(H,17,18). The lowest BCUT2D eigenvalue weighted by atomic mass is 10.2. The van der Waals surface area contributed by atoms with Gasteiger partial charge in [-0.1, -0.05) is 23.2 Å². The second-order valence-electron chi connectivity index (χ2n) is 4.23. The molecule has 19 heavy (non-hydrogen) atoms. The van der Waals surface area contributed by atoms with Crippen molar-refractivity contribution in [2.45, 2.75) is 12.5 Å². The van der Waals surface area contributed by atoms with E-state index in [2.05, 4.69) is 10.6 Å². The third kappa shape index (κ3) is 4.04. The molecule has 7 heteroatoms. The number of hydrogen-bond donors (Lipinski definition) is 2. The van der Waals surface area contributed by atoms with Crippen LogP contribution < -0.4 is 10.6 Å². The van der Waals surface area contributed by atoms with Gasteiger partial charge in [0.1, 0.15) is 0 Å². The van der Waals surface area contributed by atoms with E-state index in [0.29, 0.717) is 18.9 Å². The number of nitrogens with one attached hydrogen (secondary N) is 2. The molecule has 0 spiro atoms. The van der Waals surface area contributed by atoms with Crippen LogP contribution >= 0.6 is 23.2 Å². The predicted molar refractivity (Wildman–Crippen MR) is 72.3 cm³/mol. The highest BCUT2D eigenvalue weighted by molar-refractivity contribution is 6.35. The Kier molecular flexibility index (Phi) is 4.99. The Hall–Kier alpha value is -0.880. The number of rotatable bonds is 3. The Morgan fingerprint density at radius 3 is 2.74 bits per heavy atom. The van der Waals surface area contributed by atoms with Gasteiger partial charge in [-0.15, -0.1) is 0 Å². The molecule has 0 bridgehead atoms. The number of carbonyl (C=O) groups excluding carboxylic acids is 1. The highest BCUT2D eigenvalue weighted by Gasteiger charge is 2.17. The Bertz CT molecular complexity index is 456. The van der Waals surface area contributed by atoms with Gasteiger partial charge in [0.2, 0.25) is 5.91 Å². The smallest absolute Gasteiger partial charge is 0.226 e. The average molecular weight is 307 g/mol. The van der Waals surface area contributed by atoms with Gasteiger partial charge in [0.05, 0.1) is 23.3 Å². The van der Waals surface area contributed by atoms with Crippen molar-refractivity contribution in [1.29, 1.82) is 0 Å². The summed E-state index contributed by atoms with van der Waals surface area (Å²) < 4.78 is 18.5. The van der Waals surface area contributed by atoms with Crippen molar-refractivity contribution < 1.29 is 13.9 Å². The minimum atomic E-state index is -0.691. The molecule has 1 saturated heterocycles. The van der Waals surface area contributed by atoms with Crippen molar-refractivity contribution >= 4 is 34.8 Å². The summed E-state index contributed by atoms with van der Waals surface area (Å²) in [7, 11) is 0. The molecule has 2 rings (SSSR count). The number of anilines is 1. The number of morpholine rings is 1. The van der Waals surface area contributed by atoms with Crippen molar-refractivity contribution in [1.82, 2.24) is 5.32 Å². The molecule has 104 valence electrons. The van der Waals surface area contributed by atoms with E-state index in [9.17, 15) is 9.18 Å². The second kappa shape index (κ2) is 6.52. The minimum absolute atomic E-state index is 0.0138. The molecule has 1 atom stereocenters. The van der Waals surface area contributed by atoms with Crippen molar-refractivity contribution in [3.05, 3.63) is 28.0 Å². The van der Waals surface area contributed by atoms with E-state index < -0.39 is 5.82 Å². The van der Waals surface area contributed by atoms with Crippen LogP contribution in [0.2, 0.25) is 10.0 Å². The fourth-order valence-corrected chi connectivity index (χ4v) is 2.30. The van der Waals surface area contributed by atoms with E-state index in [1.807, 2.05) is 0 Å². The zero-order chi connectivity index (χ0) is 13.8. The van der Waals surface area contributed by atoms with E-state index in [4.69, 9.17) is 27.9 Å². The van der Waals surface area contributed by atoms with Crippen LogP contribution in [0.1, 0.15) is 6.42 Å². The summed E-state index contributed by atoms with van der Waals surface area (Å²) in [5.41, 5.74) is 0.373. The Morgan fingerprint density at radius 2 is 2.16 bits per heavy atom. The molecular formula is C12H13Cl2FN2O2. The Morgan fingerprint density at radius 1 is 1.47 bits per heavy atom. The highest BCUT2D eigenvalue weighted by atomic mass is 35.5. The van der Waals surface area contributed by atoms with Crippen LogP contribution in [0.15, 0.2) is 12.1 Å². The van der Waals surface area contributed by atoms with Crippen LogP contribution in [0.4, 0.5) is 10.1 Å². The second-order valence-corrected chi connectivity index (χ2v) is 5.05. The topological polar surface area (TPSA) is 50.4 Å². The van der Waals surface area contributed by atoms with Gasteiger partial charge in [-0.05, 0) is 12.1 Å². The number of carbonyl (C=O) groups is 1. The number of benzene rings is 1. The molecular weight excluding hydrogens is 294 g/mol. The third-order valence-electron chi connectivity index (χ3n) is 2.70. The molecule has 1 unspecified atom stereocenters. The van der Waals surface area contributed by atoms with E-state index in [1.165, 1.54) is 12.1 Å². The van der Waals surface area contributed by atoms with Crippen molar-refractivity contribution in [2.75, 3.05) is 25.1 Å². The molecule has 1 heterocycles. The Labute approximate surface area is 120 Å². The molecule has 0 aromatic heterocycles. The van der Waals surface area contributed by atoms with Crippen molar-refractivity contribution in [3.63, 3.8) is 0 Å². The first-order valence-corrected chi connectivity index (χ1v) is 6.57. The summed E-state index contributed by atoms with van der Waals surface area (Å²) in [4.78, 5) is 11.8. The summed E-state index contributed by atoms with van der Waals surface area (Å²) in [5, 5.41) is 5.55. The summed E-state index contributed by atoms with van der Waals surface area (Å²) in [6, 6.07) is 2.64. The lowest BCUT2D eigenvalue weighted by Crippen LogP contribution is -2.43. The van der Waals surface area contributed by atoms with Gasteiger partial charge in [0.25, 0.3) is 0 Å².